The van der Waals surface area contributed by atoms with Crippen molar-refractivity contribution in [3.63, 3.8) is 0 Å². The molecule has 0 fully saturated rings. The first-order valence-corrected chi connectivity index (χ1v) is 8.11. The molecule has 0 saturated carbocycles. The van der Waals surface area contributed by atoms with Crippen LogP contribution in [0.3, 0.4) is 0 Å². The smallest absolute Gasteiger partial charge is 0.245 e. The van der Waals surface area contributed by atoms with Gasteiger partial charge in [-0.05, 0) is 17.7 Å². The Balaban J connectivity index is 1.49. The lowest BCUT2D eigenvalue weighted by atomic mass is 10.2. The van der Waals surface area contributed by atoms with Crippen LogP contribution in [0.4, 0.5) is 5.69 Å². The van der Waals surface area contributed by atoms with Gasteiger partial charge in [-0.15, -0.1) is 11.8 Å². The van der Waals surface area contributed by atoms with E-state index in [2.05, 4.69) is 10.8 Å². The molecule has 0 radical (unpaired) electrons. The molecule has 23 heavy (non-hydrogen) atoms. The van der Waals surface area contributed by atoms with Crippen LogP contribution >= 0.6 is 11.8 Å². The maximum atomic E-state index is 12.0. The number of nitrogens with one attached hydrogen (secondary N) is 2. The third-order valence-corrected chi connectivity index (χ3v) is 4.62. The predicted octanol–water partition coefficient (Wildman–Crippen LogP) is 2.74. The Bertz CT molecular complexity index is 706. The lowest BCUT2D eigenvalue weighted by Gasteiger charge is -2.23. The fourth-order valence-corrected chi connectivity index (χ4v) is 3.32. The van der Waals surface area contributed by atoms with E-state index in [-0.39, 0.29) is 18.2 Å². The number of para-hydroxylation sites is 1. The molecule has 0 aliphatic carbocycles. The molecule has 0 unspecified atom stereocenters. The maximum absolute atomic E-state index is 12.0. The average molecular weight is 328 g/mol. The van der Waals surface area contributed by atoms with Crippen molar-refractivity contribution in [3.8, 4) is 0 Å². The number of carbonyl (C=O) groups excluding carboxylic acids is 2. The molecule has 118 valence electrons. The second kappa shape index (κ2) is 7.30. The van der Waals surface area contributed by atoms with E-state index >= 15 is 0 Å². The van der Waals surface area contributed by atoms with Gasteiger partial charge >= 0.3 is 0 Å². The molecule has 2 aromatic rings. The van der Waals surface area contributed by atoms with Crippen molar-refractivity contribution >= 4 is 29.3 Å². The number of carbonyl (C=O) groups is 2. The first-order valence-electron chi connectivity index (χ1n) is 7.23. The van der Waals surface area contributed by atoms with Crippen molar-refractivity contribution in [3.05, 3.63) is 60.2 Å². The summed E-state index contributed by atoms with van der Waals surface area (Å²) in [6.45, 7) is 0.291. The minimum atomic E-state index is -0.453. The zero-order chi connectivity index (χ0) is 16.1. The Labute approximate surface area is 138 Å². The van der Waals surface area contributed by atoms with Gasteiger partial charge in [0.1, 0.15) is 0 Å². The summed E-state index contributed by atoms with van der Waals surface area (Å²) in [5, 5.41) is 2.36. The van der Waals surface area contributed by atoms with E-state index in [0.717, 1.165) is 16.1 Å². The van der Waals surface area contributed by atoms with E-state index in [9.17, 15) is 9.59 Å². The molecule has 1 heterocycles. The van der Waals surface area contributed by atoms with Crippen LogP contribution in [-0.4, -0.2) is 17.1 Å². The van der Waals surface area contributed by atoms with E-state index < -0.39 is 5.25 Å². The number of fused-ring (bicyclic) bond motifs is 1. The summed E-state index contributed by atoms with van der Waals surface area (Å²) in [5.41, 5.74) is 4.15. The third-order valence-electron chi connectivity index (χ3n) is 3.35. The molecule has 0 bridgehead atoms. The summed E-state index contributed by atoms with van der Waals surface area (Å²) in [7, 11) is 0. The molecule has 2 aromatic carbocycles. The molecular weight excluding hydrogens is 312 g/mol. The third kappa shape index (κ3) is 4.12. The van der Waals surface area contributed by atoms with Crippen molar-refractivity contribution in [2.45, 2.75) is 23.2 Å². The Morgan fingerprint density at radius 3 is 2.70 bits per heavy atom. The molecule has 1 aliphatic rings. The summed E-state index contributed by atoms with van der Waals surface area (Å²) >= 11 is 1.39. The molecular formula is C17H16N2O3S. The maximum Gasteiger partial charge on any atom is 0.245 e. The second-order valence-electron chi connectivity index (χ2n) is 5.10. The first-order chi connectivity index (χ1) is 11.2. The van der Waals surface area contributed by atoms with Crippen LogP contribution in [0.15, 0.2) is 59.5 Å². The van der Waals surface area contributed by atoms with Gasteiger partial charge in [0.05, 0.1) is 17.5 Å². The Hall–Kier alpha value is -2.31. The van der Waals surface area contributed by atoms with Crippen LogP contribution in [0.1, 0.15) is 12.0 Å². The molecule has 0 saturated heterocycles. The number of thioether (sulfide) groups is 1. The van der Waals surface area contributed by atoms with Crippen LogP contribution in [-0.2, 0) is 21.0 Å². The van der Waals surface area contributed by atoms with E-state index in [0.29, 0.717) is 6.61 Å². The van der Waals surface area contributed by atoms with Gasteiger partial charge in [-0.25, -0.2) is 5.48 Å². The van der Waals surface area contributed by atoms with Gasteiger partial charge in [-0.3, -0.25) is 14.4 Å². The number of amides is 2. The lowest BCUT2D eigenvalue weighted by molar-refractivity contribution is -0.135. The molecule has 0 aromatic heterocycles. The van der Waals surface area contributed by atoms with Crippen molar-refractivity contribution in [2.24, 2.45) is 0 Å². The topological polar surface area (TPSA) is 67.4 Å². The van der Waals surface area contributed by atoms with Crippen molar-refractivity contribution in [1.29, 1.82) is 0 Å². The minimum absolute atomic E-state index is 0.0691. The lowest BCUT2D eigenvalue weighted by Crippen LogP contribution is -2.34. The highest BCUT2D eigenvalue weighted by Crippen LogP contribution is 2.36. The van der Waals surface area contributed by atoms with Crippen LogP contribution < -0.4 is 10.8 Å². The minimum Gasteiger partial charge on any atom is -0.324 e. The molecule has 3 rings (SSSR count). The summed E-state index contributed by atoms with van der Waals surface area (Å²) < 4.78 is 0. The van der Waals surface area contributed by atoms with Crippen LogP contribution in [0.5, 0.6) is 0 Å². The van der Waals surface area contributed by atoms with Crippen molar-refractivity contribution < 1.29 is 14.4 Å². The second-order valence-corrected chi connectivity index (χ2v) is 6.34. The fraction of sp³-hybridized carbons (Fsp3) is 0.176. The highest BCUT2D eigenvalue weighted by Gasteiger charge is 2.28. The van der Waals surface area contributed by atoms with Crippen molar-refractivity contribution in [1.82, 2.24) is 5.48 Å². The largest absolute Gasteiger partial charge is 0.324 e. The van der Waals surface area contributed by atoms with Crippen LogP contribution in [0, 0.1) is 0 Å². The average Bonchev–Trinajstić information content (AvgIpc) is 2.56. The number of rotatable bonds is 5. The Morgan fingerprint density at radius 1 is 1.13 bits per heavy atom. The zero-order valence-electron chi connectivity index (χ0n) is 12.3. The predicted molar refractivity (Wildman–Crippen MR) is 88.7 cm³/mol. The number of anilines is 1. The number of hydrogen-bond donors (Lipinski definition) is 2. The van der Waals surface area contributed by atoms with Crippen molar-refractivity contribution in [2.75, 3.05) is 5.32 Å². The molecule has 2 N–H and O–H groups in total. The summed E-state index contributed by atoms with van der Waals surface area (Å²) in [6.07, 6.45) is 0.0691. The number of hydrogen-bond acceptors (Lipinski definition) is 4. The van der Waals surface area contributed by atoms with Gasteiger partial charge in [-0.1, -0.05) is 42.5 Å². The highest BCUT2D eigenvalue weighted by molar-refractivity contribution is 8.01. The van der Waals surface area contributed by atoms with E-state index in [4.69, 9.17) is 4.84 Å². The number of benzene rings is 2. The quantitative estimate of drug-likeness (QED) is 0.828. The van der Waals surface area contributed by atoms with Gasteiger partial charge in [0.25, 0.3) is 0 Å². The van der Waals surface area contributed by atoms with Gasteiger partial charge < -0.3 is 5.32 Å². The highest BCUT2D eigenvalue weighted by atomic mass is 32.2. The van der Waals surface area contributed by atoms with Gasteiger partial charge in [0.15, 0.2) is 0 Å². The normalized spacial score (nSPS) is 16.3. The van der Waals surface area contributed by atoms with Gasteiger partial charge in [0, 0.05) is 11.3 Å². The van der Waals surface area contributed by atoms with E-state index in [1.54, 1.807) is 0 Å². The Kier molecular flexibility index (Phi) is 4.95. The molecule has 5 nitrogen and oxygen atoms in total. The SMILES string of the molecule is O=C(C[C@@H]1Sc2ccccc2NC1=O)NOCc1ccccc1. The van der Waals surface area contributed by atoms with Gasteiger partial charge in [-0.2, -0.15) is 0 Å². The van der Waals surface area contributed by atoms with E-state index in [1.165, 1.54) is 11.8 Å². The molecule has 1 aliphatic heterocycles. The zero-order valence-corrected chi connectivity index (χ0v) is 13.1. The monoisotopic (exact) mass is 328 g/mol. The molecule has 1 atom stereocenters. The molecule has 0 spiro atoms. The standard InChI is InChI=1S/C17H16N2O3S/c20-16(19-22-11-12-6-2-1-3-7-12)10-15-17(21)18-13-8-4-5-9-14(13)23-15/h1-9,15H,10-11H2,(H,18,21)(H,19,20)/t15-/m0/s1. The fourth-order valence-electron chi connectivity index (χ4n) is 2.21. The first kappa shape index (κ1) is 15.6. The Morgan fingerprint density at radius 2 is 1.87 bits per heavy atom. The number of hydroxylamine groups is 1. The van der Waals surface area contributed by atoms with Crippen LogP contribution in [0.25, 0.3) is 0 Å². The summed E-state index contributed by atoms with van der Waals surface area (Å²) in [6, 6.07) is 17.1. The summed E-state index contributed by atoms with van der Waals surface area (Å²) in [5.74, 6) is -0.472. The molecule has 6 heteroatoms. The van der Waals surface area contributed by atoms with Gasteiger partial charge in [0.2, 0.25) is 11.8 Å². The molecule has 2 amide bonds. The van der Waals surface area contributed by atoms with Crippen LogP contribution in [0.2, 0.25) is 0 Å². The van der Waals surface area contributed by atoms with E-state index in [1.807, 2.05) is 54.6 Å². The summed E-state index contributed by atoms with van der Waals surface area (Å²) in [4.78, 5) is 30.1.